The van der Waals surface area contributed by atoms with Crippen LogP contribution in [0.1, 0.15) is 22.1 Å². The van der Waals surface area contributed by atoms with E-state index < -0.39 is 16.2 Å². The van der Waals surface area contributed by atoms with Crippen molar-refractivity contribution in [3.8, 4) is 0 Å². The summed E-state index contributed by atoms with van der Waals surface area (Å²) in [6, 6.07) is 19.7. The van der Waals surface area contributed by atoms with E-state index >= 15 is 0 Å². The molecule has 2 aliphatic rings. The van der Waals surface area contributed by atoms with Crippen LogP contribution in [-0.4, -0.2) is 50.4 Å². The monoisotopic (exact) mass is 449 g/mol. The van der Waals surface area contributed by atoms with Crippen LogP contribution in [0.2, 0.25) is 0 Å². The van der Waals surface area contributed by atoms with Crippen molar-refractivity contribution in [2.45, 2.75) is 11.1 Å². The van der Waals surface area contributed by atoms with Crippen LogP contribution in [0.25, 0.3) is 0 Å². The van der Waals surface area contributed by atoms with E-state index in [-0.39, 0.29) is 10.8 Å². The first-order valence-electron chi connectivity index (χ1n) is 10.4. The van der Waals surface area contributed by atoms with E-state index in [0.29, 0.717) is 24.3 Å². The lowest BCUT2D eigenvalue weighted by atomic mass is 10.1. The number of aromatic nitrogens is 1. The fraction of sp³-hybridized carbons (Fsp3) is 0.217. The summed E-state index contributed by atoms with van der Waals surface area (Å²) in [7, 11) is -3.61. The number of pyridine rings is 1. The number of benzene rings is 2. The third-order valence-electron chi connectivity index (χ3n) is 5.78. The predicted molar refractivity (Wildman–Crippen MR) is 122 cm³/mol. The van der Waals surface area contributed by atoms with E-state index in [1.54, 1.807) is 54.7 Å². The number of amides is 1. The molecule has 0 saturated carbocycles. The average Bonchev–Trinajstić information content (AvgIpc) is 2.84. The molecule has 3 heterocycles. The van der Waals surface area contributed by atoms with Crippen LogP contribution >= 0.6 is 0 Å². The van der Waals surface area contributed by atoms with Crippen molar-refractivity contribution in [2.24, 2.45) is 0 Å². The van der Waals surface area contributed by atoms with Gasteiger partial charge in [-0.3, -0.25) is 4.79 Å². The van der Waals surface area contributed by atoms with Gasteiger partial charge in [-0.2, -0.15) is 4.72 Å². The molecule has 3 aromatic rings. The first-order chi connectivity index (χ1) is 15.5. The van der Waals surface area contributed by atoms with E-state index in [0.717, 1.165) is 24.5 Å². The van der Waals surface area contributed by atoms with Gasteiger partial charge in [-0.15, -0.1) is 0 Å². The molecule has 1 saturated heterocycles. The van der Waals surface area contributed by atoms with Gasteiger partial charge in [-0.25, -0.2) is 13.4 Å². The predicted octanol–water partition coefficient (Wildman–Crippen LogP) is 2.45. The molecule has 8 nitrogen and oxygen atoms in total. The Bertz CT molecular complexity index is 1220. The Hall–Kier alpha value is -3.43. The van der Waals surface area contributed by atoms with Gasteiger partial charge in [0.2, 0.25) is 10.0 Å². The molecule has 2 aliphatic heterocycles. The van der Waals surface area contributed by atoms with Crippen LogP contribution in [0.3, 0.4) is 0 Å². The normalized spacial score (nSPS) is 19.7. The van der Waals surface area contributed by atoms with Gasteiger partial charge in [-0.1, -0.05) is 30.3 Å². The van der Waals surface area contributed by atoms with E-state index in [1.165, 1.54) is 0 Å². The fourth-order valence-electron chi connectivity index (χ4n) is 4.06. The number of carbonyl (C=O) groups is 1. The smallest absolute Gasteiger partial charge is 0.253 e. The lowest BCUT2D eigenvalue weighted by Crippen LogP contribution is -2.49. The second-order valence-corrected chi connectivity index (χ2v) is 9.47. The molecule has 2 N–H and O–H groups in total. The number of para-hydroxylation sites is 1. The molecule has 1 fully saturated rings. The van der Waals surface area contributed by atoms with Gasteiger partial charge < -0.3 is 15.1 Å². The molecule has 0 spiro atoms. The highest BCUT2D eigenvalue weighted by Crippen LogP contribution is 2.30. The standard InChI is InChI=1S/C23H23N5O3S/c29-23(28-15-13-27(14-16-28)21-7-3-4-12-24-21)18-10-8-17(9-11-18)22-25-19-5-1-2-6-20(19)32(30,31)26-22/h1-12,22,25-26H,13-16H2/t22-/m1/s1. The van der Waals surface area contributed by atoms with Crippen LogP contribution in [0.4, 0.5) is 11.5 Å². The van der Waals surface area contributed by atoms with E-state index in [2.05, 4.69) is 19.9 Å². The molecule has 0 radical (unpaired) electrons. The van der Waals surface area contributed by atoms with Crippen LogP contribution < -0.4 is 14.9 Å². The van der Waals surface area contributed by atoms with Gasteiger partial charge in [-0.05, 0) is 42.0 Å². The number of fused-ring (bicyclic) bond motifs is 1. The second-order valence-electron chi connectivity index (χ2n) is 7.78. The van der Waals surface area contributed by atoms with E-state index in [4.69, 9.17) is 0 Å². The molecule has 5 rings (SSSR count). The SMILES string of the molecule is O=C(c1ccc([C@@H]2Nc3ccccc3S(=O)(=O)N2)cc1)N1CCN(c2ccccn2)CC1. The maximum absolute atomic E-state index is 13.0. The molecule has 32 heavy (non-hydrogen) atoms. The summed E-state index contributed by atoms with van der Waals surface area (Å²) in [6.07, 6.45) is 1.18. The number of nitrogens with zero attached hydrogens (tertiary/aromatic N) is 3. The number of carbonyl (C=O) groups excluding carboxylic acids is 1. The highest BCUT2D eigenvalue weighted by atomic mass is 32.2. The van der Waals surface area contributed by atoms with E-state index in [1.807, 2.05) is 23.1 Å². The third-order valence-corrected chi connectivity index (χ3v) is 7.26. The summed E-state index contributed by atoms with van der Waals surface area (Å²) in [6.45, 7) is 2.71. The molecule has 9 heteroatoms. The Morgan fingerprint density at radius 2 is 1.62 bits per heavy atom. The maximum atomic E-state index is 13.0. The summed E-state index contributed by atoms with van der Waals surface area (Å²) < 4.78 is 27.7. The number of hydrogen-bond acceptors (Lipinski definition) is 6. The Morgan fingerprint density at radius 1 is 0.906 bits per heavy atom. The number of anilines is 2. The number of hydrogen-bond donors (Lipinski definition) is 2. The third kappa shape index (κ3) is 3.92. The van der Waals surface area contributed by atoms with Gasteiger partial charge >= 0.3 is 0 Å². The summed E-state index contributed by atoms with van der Waals surface area (Å²) >= 11 is 0. The Kier molecular flexibility index (Phi) is 5.28. The van der Waals surface area contributed by atoms with Crippen molar-refractivity contribution in [2.75, 3.05) is 36.4 Å². The first kappa shape index (κ1) is 20.5. The lowest BCUT2D eigenvalue weighted by molar-refractivity contribution is 0.0746. The number of piperazine rings is 1. The molecule has 164 valence electrons. The van der Waals surface area contributed by atoms with Gasteiger partial charge in [0.1, 0.15) is 16.9 Å². The van der Waals surface area contributed by atoms with Crippen molar-refractivity contribution < 1.29 is 13.2 Å². The molecular weight excluding hydrogens is 426 g/mol. The highest BCUT2D eigenvalue weighted by molar-refractivity contribution is 7.89. The van der Waals surface area contributed by atoms with Gasteiger partial charge in [0.15, 0.2) is 0 Å². The quantitative estimate of drug-likeness (QED) is 0.638. The number of rotatable bonds is 3. The summed E-state index contributed by atoms with van der Waals surface area (Å²) in [5, 5.41) is 3.20. The Morgan fingerprint density at radius 3 is 2.34 bits per heavy atom. The molecule has 2 aromatic carbocycles. The van der Waals surface area contributed by atoms with Crippen molar-refractivity contribution in [3.63, 3.8) is 0 Å². The molecular formula is C23H23N5O3S. The molecule has 1 amide bonds. The van der Waals surface area contributed by atoms with Crippen molar-refractivity contribution >= 4 is 27.4 Å². The maximum Gasteiger partial charge on any atom is 0.253 e. The van der Waals surface area contributed by atoms with Gasteiger partial charge in [0.05, 0.1) is 5.69 Å². The molecule has 1 atom stereocenters. The first-order valence-corrected chi connectivity index (χ1v) is 11.9. The summed E-state index contributed by atoms with van der Waals surface area (Å²) in [5.41, 5.74) is 1.88. The molecule has 0 unspecified atom stereocenters. The number of sulfonamides is 1. The largest absolute Gasteiger partial charge is 0.364 e. The van der Waals surface area contributed by atoms with E-state index in [9.17, 15) is 13.2 Å². The van der Waals surface area contributed by atoms with Crippen molar-refractivity contribution in [1.29, 1.82) is 0 Å². The fourth-order valence-corrected chi connectivity index (χ4v) is 5.36. The summed E-state index contributed by atoms with van der Waals surface area (Å²) in [5.74, 6) is 0.896. The topological polar surface area (TPSA) is 94.6 Å². The Labute approximate surface area is 186 Å². The van der Waals surface area contributed by atoms with Crippen LogP contribution in [-0.2, 0) is 10.0 Å². The summed E-state index contributed by atoms with van der Waals surface area (Å²) in [4.78, 5) is 21.6. The molecule has 0 aliphatic carbocycles. The molecule has 1 aromatic heterocycles. The van der Waals surface area contributed by atoms with Gasteiger partial charge in [0.25, 0.3) is 5.91 Å². The van der Waals surface area contributed by atoms with Crippen LogP contribution in [0.15, 0.2) is 77.8 Å². The zero-order valence-corrected chi connectivity index (χ0v) is 18.1. The average molecular weight is 450 g/mol. The van der Waals surface area contributed by atoms with Crippen molar-refractivity contribution in [3.05, 3.63) is 84.1 Å². The zero-order valence-electron chi connectivity index (χ0n) is 17.3. The highest BCUT2D eigenvalue weighted by Gasteiger charge is 2.30. The molecule has 0 bridgehead atoms. The van der Waals surface area contributed by atoms with Crippen LogP contribution in [0, 0.1) is 0 Å². The minimum atomic E-state index is -3.61. The van der Waals surface area contributed by atoms with Crippen molar-refractivity contribution in [1.82, 2.24) is 14.6 Å². The lowest BCUT2D eigenvalue weighted by Gasteiger charge is -2.35. The number of nitrogens with one attached hydrogen (secondary N) is 2. The van der Waals surface area contributed by atoms with Gasteiger partial charge in [0, 0.05) is 37.9 Å². The second kappa shape index (κ2) is 8.25. The minimum absolute atomic E-state index is 0.0280. The van der Waals surface area contributed by atoms with Crippen LogP contribution in [0.5, 0.6) is 0 Å². The Balaban J connectivity index is 1.26. The zero-order chi connectivity index (χ0) is 22.1. The minimum Gasteiger partial charge on any atom is -0.364 e.